The molecule has 0 fully saturated rings. The van der Waals surface area contributed by atoms with Gasteiger partial charge in [0.1, 0.15) is 12.1 Å². The molecule has 1 heterocycles. The van der Waals surface area contributed by atoms with Crippen LogP contribution in [0.15, 0.2) is 102 Å². The van der Waals surface area contributed by atoms with Gasteiger partial charge in [-0.25, -0.2) is 0 Å². The first-order chi connectivity index (χ1) is 20.3. The van der Waals surface area contributed by atoms with Gasteiger partial charge in [0.15, 0.2) is 5.96 Å². The average molecular weight is 566 g/mol. The maximum absolute atomic E-state index is 13.5. The monoisotopic (exact) mass is 565 g/mol. The van der Waals surface area contributed by atoms with Crippen LogP contribution in [0.4, 0.5) is 0 Å². The van der Waals surface area contributed by atoms with Gasteiger partial charge < -0.3 is 32.8 Å². The van der Waals surface area contributed by atoms with Gasteiger partial charge in [-0.1, -0.05) is 78.9 Å². The number of amides is 3. The van der Waals surface area contributed by atoms with Crippen molar-refractivity contribution in [2.75, 3.05) is 6.54 Å². The summed E-state index contributed by atoms with van der Waals surface area (Å²) >= 11 is 0. The Bertz CT molecular complexity index is 1530. The Labute approximate surface area is 244 Å². The third kappa shape index (κ3) is 8.07. The zero-order chi connectivity index (χ0) is 29.9. The Morgan fingerprint density at radius 2 is 1.43 bits per heavy atom. The van der Waals surface area contributed by atoms with E-state index in [-0.39, 0.29) is 25.3 Å². The van der Waals surface area contributed by atoms with Crippen molar-refractivity contribution >= 4 is 40.2 Å². The summed E-state index contributed by atoms with van der Waals surface area (Å²) in [6.45, 7) is 0.270. The summed E-state index contributed by atoms with van der Waals surface area (Å²) < 4.78 is 0. The second-order valence-corrected chi connectivity index (χ2v) is 9.83. The zero-order valence-corrected chi connectivity index (χ0v) is 23.1. The molecule has 2 atom stereocenters. The number of primary amides is 1. The van der Waals surface area contributed by atoms with Crippen molar-refractivity contribution in [3.8, 4) is 0 Å². The summed E-state index contributed by atoms with van der Waals surface area (Å²) in [6, 6.07) is 24.7. The number of rotatable bonds is 13. The standard InChI is InChI=1S/C32H35N7O3/c33-30(41)28(18-23-20-37-26-15-8-7-14-24(23)26)39-31(42)27(16-9-17-36-32(34)35)38-29(40)19-25(21-10-3-1-4-11-21)22-12-5-2-6-13-22/h1-8,10-15,19-20,27-28,37H,9,16-18H2,(H2,33,41)(H,38,40)(H,39,42)(H4,34,35,36)/t27-,28-/m1/s1. The molecule has 4 aromatic rings. The van der Waals surface area contributed by atoms with Crippen molar-refractivity contribution < 1.29 is 14.4 Å². The molecule has 0 aliphatic heterocycles. The molecule has 0 saturated carbocycles. The third-order valence-corrected chi connectivity index (χ3v) is 6.78. The maximum Gasteiger partial charge on any atom is 0.245 e. The molecule has 0 aliphatic carbocycles. The molecule has 10 heteroatoms. The second kappa shape index (κ2) is 14.3. The Morgan fingerprint density at radius 1 is 0.810 bits per heavy atom. The van der Waals surface area contributed by atoms with Crippen molar-refractivity contribution in [2.24, 2.45) is 22.2 Å². The number of H-pyrrole nitrogens is 1. The number of carbonyl (C=O) groups excluding carboxylic acids is 3. The van der Waals surface area contributed by atoms with Gasteiger partial charge in [0.2, 0.25) is 17.7 Å². The van der Waals surface area contributed by atoms with E-state index in [1.54, 1.807) is 6.20 Å². The highest BCUT2D eigenvalue weighted by Crippen LogP contribution is 2.23. The lowest BCUT2D eigenvalue weighted by molar-refractivity contribution is -0.130. The molecular weight excluding hydrogens is 530 g/mol. The van der Waals surface area contributed by atoms with Gasteiger partial charge in [0.25, 0.3) is 0 Å². The molecule has 3 amide bonds. The van der Waals surface area contributed by atoms with E-state index in [9.17, 15) is 14.4 Å². The topological polar surface area (TPSA) is 181 Å². The number of aliphatic imine (C=N–C) groups is 1. The van der Waals surface area contributed by atoms with Crippen LogP contribution in [-0.4, -0.2) is 47.3 Å². The van der Waals surface area contributed by atoms with E-state index in [1.165, 1.54) is 6.08 Å². The first-order valence-corrected chi connectivity index (χ1v) is 13.6. The molecule has 42 heavy (non-hydrogen) atoms. The molecule has 0 unspecified atom stereocenters. The fraction of sp³-hybridized carbons (Fsp3) is 0.188. The Morgan fingerprint density at radius 3 is 2.05 bits per heavy atom. The highest BCUT2D eigenvalue weighted by Gasteiger charge is 2.26. The quantitative estimate of drug-likeness (QED) is 0.0629. The predicted octanol–water partition coefficient (Wildman–Crippen LogP) is 2.35. The van der Waals surface area contributed by atoms with E-state index in [4.69, 9.17) is 17.2 Å². The fourth-order valence-electron chi connectivity index (χ4n) is 4.70. The molecule has 0 bridgehead atoms. The van der Waals surface area contributed by atoms with Crippen LogP contribution >= 0.6 is 0 Å². The molecule has 4 rings (SSSR count). The second-order valence-electron chi connectivity index (χ2n) is 9.83. The number of carbonyl (C=O) groups is 3. The highest BCUT2D eigenvalue weighted by atomic mass is 16.2. The van der Waals surface area contributed by atoms with Gasteiger partial charge in [-0.15, -0.1) is 0 Å². The number of benzene rings is 3. The Kier molecular flexibility index (Phi) is 10.1. The number of nitrogens with two attached hydrogens (primary N) is 3. The number of para-hydroxylation sites is 1. The molecule has 0 saturated heterocycles. The lowest BCUT2D eigenvalue weighted by Gasteiger charge is -2.22. The van der Waals surface area contributed by atoms with Gasteiger partial charge >= 0.3 is 0 Å². The van der Waals surface area contributed by atoms with Crippen molar-refractivity contribution in [1.29, 1.82) is 0 Å². The summed E-state index contributed by atoms with van der Waals surface area (Å²) in [6.07, 6.45) is 4.09. The van der Waals surface area contributed by atoms with Crippen LogP contribution in [0.1, 0.15) is 29.5 Å². The average Bonchev–Trinajstić information content (AvgIpc) is 3.40. The third-order valence-electron chi connectivity index (χ3n) is 6.78. The van der Waals surface area contributed by atoms with Gasteiger partial charge in [-0.05, 0) is 41.2 Å². The summed E-state index contributed by atoms with van der Waals surface area (Å²) in [4.78, 5) is 46.4. The van der Waals surface area contributed by atoms with Gasteiger partial charge in [0, 0.05) is 36.1 Å². The number of fused-ring (bicyclic) bond motifs is 1. The van der Waals surface area contributed by atoms with Crippen LogP contribution in [0, 0.1) is 0 Å². The summed E-state index contributed by atoms with van der Waals surface area (Å²) in [5, 5.41) is 6.48. The SMILES string of the molecule is NC(=O)[C@@H](Cc1c[nH]c2ccccc12)NC(=O)[C@@H](CCCN=C(N)N)NC(=O)C=C(c1ccccc1)c1ccccc1. The number of nitrogens with one attached hydrogen (secondary N) is 3. The minimum atomic E-state index is -0.992. The van der Waals surface area contributed by atoms with E-state index >= 15 is 0 Å². The van der Waals surface area contributed by atoms with E-state index < -0.39 is 29.8 Å². The molecule has 9 N–H and O–H groups in total. The van der Waals surface area contributed by atoms with Crippen LogP contribution < -0.4 is 27.8 Å². The number of hydrogen-bond donors (Lipinski definition) is 6. The minimum absolute atomic E-state index is 0.0640. The molecule has 1 aromatic heterocycles. The summed E-state index contributed by atoms with van der Waals surface area (Å²) in [7, 11) is 0. The van der Waals surface area contributed by atoms with Crippen LogP contribution in [0.25, 0.3) is 16.5 Å². The normalized spacial score (nSPS) is 12.1. The van der Waals surface area contributed by atoms with Crippen molar-refractivity contribution in [2.45, 2.75) is 31.3 Å². The van der Waals surface area contributed by atoms with Crippen molar-refractivity contribution in [3.63, 3.8) is 0 Å². The molecule has 3 aromatic carbocycles. The predicted molar refractivity (Wildman–Crippen MR) is 165 cm³/mol. The lowest BCUT2D eigenvalue weighted by atomic mass is 9.97. The first-order valence-electron chi connectivity index (χ1n) is 13.6. The molecule has 216 valence electrons. The number of hydrogen-bond acceptors (Lipinski definition) is 4. The van der Waals surface area contributed by atoms with Gasteiger partial charge in [-0.2, -0.15) is 0 Å². The van der Waals surface area contributed by atoms with Crippen LogP contribution in [-0.2, 0) is 20.8 Å². The van der Waals surface area contributed by atoms with Crippen molar-refractivity contribution in [3.05, 3.63) is 114 Å². The first kappa shape index (κ1) is 29.6. The molecular formula is C32H35N7O3. The highest BCUT2D eigenvalue weighted by molar-refractivity contribution is 6.01. The van der Waals surface area contributed by atoms with Crippen LogP contribution in [0.2, 0.25) is 0 Å². The van der Waals surface area contributed by atoms with Gasteiger partial charge in [0.05, 0.1) is 0 Å². The Balaban J connectivity index is 1.55. The van der Waals surface area contributed by atoms with E-state index in [2.05, 4.69) is 20.6 Å². The van der Waals surface area contributed by atoms with E-state index in [0.29, 0.717) is 12.0 Å². The van der Waals surface area contributed by atoms with E-state index in [1.807, 2.05) is 84.9 Å². The van der Waals surface area contributed by atoms with Crippen LogP contribution in [0.5, 0.6) is 0 Å². The number of guanidine groups is 1. The number of aromatic nitrogens is 1. The zero-order valence-electron chi connectivity index (χ0n) is 23.1. The lowest BCUT2D eigenvalue weighted by Crippen LogP contribution is -2.53. The Hall–Kier alpha value is -5.38. The minimum Gasteiger partial charge on any atom is -0.370 e. The van der Waals surface area contributed by atoms with E-state index in [0.717, 1.165) is 27.6 Å². The van der Waals surface area contributed by atoms with Crippen molar-refractivity contribution in [1.82, 2.24) is 15.6 Å². The molecule has 0 aliphatic rings. The molecule has 0 radical (unpaired) electrons. The van der Waals surface area contributed by atoms with Gasteiger partial charge in [-0.3, -0.25) is 19.4 Å². The largest absolute Gasteiger partial charge is 0.370 e. The fourth-order valence-corrected chi connectivity index (χ4v) is 4.70. The molecule has 10 nitrogen and oxygen atoms in total. The smallest absolute Gasteiger partial charge is 0.245 e. The number of nitrogens with zero attached hydrogens (tertiary/aromatic N) is 1. The maximum atomic E-state index is 13.5. The number of aromatic amines is 1. The summed E-state index contributed by atoms with van der Waals surface area (Å²) in [5.41, 5.74) is 20.7. The van der Waals surface area contributed by atoms with Crippen LogP contribution in [0.3, 0.4) is 0 Å². The summed E-state index contributed by atoms with van der Waals surface area (Å²) in [5.74, 6) is -1.75. The molecule has 0 spiro atoms.